The minimum absolute atomic E-state index is 0.340. The summed E-state index contributed by atoms with van der Waals surface area (Å²) in [6.07, 6.45) is 6.08. The molecule has 1 N–H and O–H groups in total. The number of unbranched alkanes of at least 4 members (excludes halogenated alkanes) is 2. The summed E-state index contributed by atoms with van der Waals surface area (Å²) in [4.78, 5) is 10.2. The molecular formula is C9H16O2S2. The normalized spacial score (nSPS) is 22.0. The van der Waals surface area contributed by atoms with Crippen molar-refractivity contribution in [2.24, 2.45) is 0 Å². The summed E-state index contributed by atoms with van der Waals surface area (Å²) >= 11 is 0. The molecule has 0 amide bonds. The van der Waals surface area contributed by atoms with Crippen LogP contribution in [0.3, 0.4) is 0 Å². The molecule has 76 valence electrons. The Morgan fingerprint density at radius 2 is 2.23 bits per heavy atom. The molecule has 1 fully saturated rings. The molecule has 0 saturated carbocycles. The molecule has 13 heavy (non-hydrogen) atoms. The molecule has 4 heteroatoms. The van der Waals surface area contributed by atoms with E-state index in [1.165, 1.54) is 25.0 Å². The summed E-state index contributed by atoms with van der Waals surface area (Å²) in [5.74, 6) is 0.635. The van der Waals surface area contributed by atoms with Crippen LogP contribution in [-0.4, -0.2) is 22.1 Å². The van der Waals surface area contributed by atoms with E-state index in [1.807, 2.05) is 21.6 Å². The molecule has 2 nitrogen and oxygen atoms in total. The van der Waals surface area contributed by atoms with Crippen molar-refractivity contribution in [2.75, 3.05) is 5.75 Å². The van der Waals surface area contributed by atoms with Crippen LogP contribution in [0.25, 0.3) is 0 Å². The van der Waals surface area contributed by atoms with Crippen LogP contribution in [0.5, 0.6) is 0 Å². The molecular weight excluding hydrogens is 204 g/mol. The smallest absolute Gasteiger partial charge is 0.303 e. The van der Waals surface area contributed by atoms with Crippen molar-refractivity contribution in [2.45, 2.75) is 43.8 Å². The average molecular weight is 220 g/mol. The van der Waals surface area contributed by atoms with Crippen LogP contribution in [0, 0.1) is 0 Å². The summed E-state index contributed by atoms with van der Waals surface area (Å²) in [5, 5.41) is 9.26. The molecule has 0 aromatic heterocycles. The third-order valence-corrected chi connectivity index (χ3v) is 5.15. The highest BCUT2D eigenvalue weighted by Gasteiger charge is 2.15. The fraction of sp³-hybridized carbons (Fsp3) is 0.889. The maximum atomic E-state index is 10.2. The van der Waals surface area contributed by atoms with Gasteiger partial charge >= 0.3 is 5.97 Å². The SMILES string of the molecule is O=C(O)CCCCC[C@@H]1CCSS1. The van der Waals surface area contributed by atoms with Gasteiger partial charge in [0.1, 0.15) is 0 Å². The van der Waals surface area contributed by atoms with Gasteiger partial charge in [-0.2, -0.15) is 0 Å². The first-order valence-corrected chi connectivity index (χ1v) is 7.17. The van der Waals surface area contributed by atoms with Gasteiger partial charge in [0.2, 0.25) is 0 Å². The van der Waals surface area contributed by atoms with Gasteiger partial charge in [-0.05, 0) is 19.3 Å². The predicted octanol–water partition coefficient (Wildman–Crippen LogP) is 3.18. The van der Waals surface area contributed by atoms with E-state index < -0.39 is 5.97 Å². The van der Waals surface area contributed by atoms with Crippen LogP contribution < -0.4 is 0 Å². The van der Waals surface area contributed by atoms with Gasteiger partial charge in [0, 0.05) is 17.4 Å². The second-order valence-electron chi connectivity index (χ2n) is 3.32. The Balaban J connectivity index is 1.86. The minimum Gasteiger partial charge on any atom is -0.481 e. The monoisotopic (exact) mass is 220 g/mol. The maximum absolute atomic E-state index is 10.2. The molecule has 0 aliphatic carbocycles. The van der Waals surface area contributed by atoms with E-state index >= 15 is 0 Å². The zero-order chi connectivity index (χ0) is 9.52. The highest BCUT2D eigenvalue weighted by Crippen LogP contribution is 2.39. The van der Waals surface area contributed by atoms with Gasteiger partial charge in [0.05, 0.1) is 0 Å². The highest BCUT2D eigenvalue weighted by molar-refractivity contribution is 8.77. The largest absolute Gasteiger partial charge is 0.481 e. The standard InChI is InChI=1S/C9H16O2S2/c10-9(11)5-3-1-2-4-8-6-7-12-13-8/h8H,1-7H2,(H,10,11)/t8-/m1/s1. The zero-order valence-electron chi connectivity index (χ0n) is 7.70. The van der Waals surface area contributed by atoms with Crippen LogP contribution in [0.1, 0.15) is 38.5 Å². The Hall–Kier alpha value is 0.170. The minimum atomic E-state index is -0.661. The van der Waals surface area contributed by atoms with Crippen LogP contribution in [0.2, 0.25) is 0 Å². The van der Waals surface area contributed by atoms with Gasteiger partial charge in [0.25, 0.3) is 0 Å². The van der Waals surface area contributed by atoms with Crippen LogP contribution >= 0.6 is 21.6 Å². The average Bonchev–Trinajstić information content (AvgIpc) is 2.55. The summed E-state index contributed by atoms with van der Waals surface area (Å²) < 4.78 is 0. The number of rotatable bonds is 6. The number of hydrogen-bond acceptors (Lipinski definition) is 3. The van der Waals surface area contributed by atoms with E-state index in [4.69, 9.17) is 5.11 Å². The molecule has 1 aliphatic heterocycles. The topological polar surface area (TPSA) is 37.3 Å². The van der Waals surface area contributed by atoms with E-state index in [2.05, 4.69) is 0 Å². The lowest BCUT2D eigenvalue weighted by molar-refractivity contribution is -0.137. The van der Waals surface area contributed by atoms with E-state index in [1.54, 1.807) is 0 Å². The summed E-state index contributed by atoms with van der Waals surface area (Å²) in [6, 6.07) is 0. The van der Waals surface area contributed by atoms with Gasteiger partial charge < -0.3 is 5.11 Å². The molecule has 1 aliphatic rings. The lowest BCUT2D eigenvalue weighted by Crippen LogP contribution is -1.98. The molecule has 0 radical (unpaired) electrons. The first-order chi connectivity index (χ1) is 6.29. The van der Waals surface area contributed by atoms with E-state index in [9.17, 15) is 4.79 Å². The quantitative estimate of drug-likeness (QED) is 0.551. The molecule has 1 saturated heterocycles. The molecule has 0 bridgehead atoms. The van der Waals surface area contributed by atoms with Crippen LogP contribution in [-0.2, 0) is 4.79 Å². The van der Waals surface area contributed by atoms with Crippen molar-refractivity contribution >= 4 is 27.6 Å². The third-order valence-electron chi connectivity index (χ3n) is 2.14. The molecule has 0 unspecified atom stereocenters. The molecule has 0 spiro atoms. The van der Waals surface area contributed by atoms with Gasteiger partial charge in [-0.3, -0.25) is 4.79 Å². The first-order valence-electron chi connectivity index (χ1n) is 4.79. The first kappa shape index (κ1) is 11.2. The maximum Gasteiger partial charge on any atom is 0.303 e. The molecule has 1 heterocycles. The van der Waals surface area contributed by atoms with Crippen molar-refractivity contribution < 1.29 is 9.90 Å². The van der Waals surface area contributed by atoms with Crippen molar-refractivity contribution in [1.29, 1.82) is 0 Å². The van der Waals surface area contributed by atoms with Crippen LogP contribution in [0.4, 0.5) is 0 Å². The highest BCUT2D eigenvalue weighted by atomic mass is 33.1. The Labute approximate surface area is 87.3 Å². The Morgan fingerprint density at radius 1 is 1.38 bits per heavy atom. The number of carboxylic acid groups (broad SMARTS) is 1. The summed E-state index contributed by atoms with van der Waals surface area (Å²) in [7, 11) is 3.98. The molecule has 1 rings (SSSR count). The number of carbonyl (C=O) groups is 1. The molecule has 0 aromatic carbocycles. The second-order valence-corrected chi connectivity index (χ2v) is 6.11. The van der Waals surface area contributed by atoms with Gasteiger partial charge in [-0.1, -0.05) is 34.4 Å². The van der Waals surface area contributed by atoms with Gasteiger partial charge in [0.15, 0.2) is 0 Å². The zero-order valence-corrected chi connectivity index (χ0v) is 9.33. The van der Waals surface area contributed by atoms with Crippen molar-refractivity contribution in [1.82, 2.24) is 0 Å². The van der Waals surface area contributed by atoms with E-state index in [0.717, 1.165) is 18.1 Å². The lowest BCUT2D eigenvalue weighted by Gasteiger charge is -2.05. The fourth-order valence-corrected chi connectivity index (χ4v) is 4.42. The lowest BCUT2D eigenvalue weighted by atomic mass is 10.1. The second kappa shape index (κ2) is 6.60. The number of hydrogen-bond donors (Lipinski definition) is 1. The Morgan fingerprint density at radius 3 is 2.85 bits per heavy atom. The molecule has 1 atom stereocenters. The summed E-state index contributed by atoms with van der Waals surface area (Å²) in [5.41, 5.74) is 0. The number of carboxylic acids is 1. The van der Waals surface area contributed by atoms with Crippen molar-refractivity contribution in [3.05, 3.63) is 0 Å². The Bertz CT molecular complexity index is 156. The van der Waals surface area contributed by atoms with E-state index in [0.29, 0.717) is 6.42 Å². The van der Waals surface area contributed by atoms with Crippen LogP contribution in [0.15, 0.2) is 0 Å². The predicted molar refractivity (Wildman–Crippen MR) is 59.2 cm³/mol. The Kier molecular flexibility index (Phi) is 5.71. The summed E-state index contributed by atoms with van der Waals surface area (Å²) in [6.45, 7) is 0. The fourth-order valence-electron chi connectivity index (χ4n) is 1.39. The third kappa shape index (κ3) is 5.47. The molecule has 0 aromatic rings. The number of aliphatic carboxylic acids is 1. The van der Waals surface area contributed by atoms with Gasteiger partial charge in [-0.25, -0.2) is 0 Å². The van der Waals surface area contributed by atoms with Crippen molar-refractivity contribution in [3.63, 3.8) is 0 Å². The van der Waals surface area contributed by atoms with Crippen molar-refractivity contribution in [3.8, 4) is 0 Å². The van der Waals surface area contributed by atoms with E-state index in [-0.39, 0.29) is 0 Å². The van der Waals surface area contributed by atoms with Gasteiger partial charge in [-0.15, -0.1) is 0 Å².